The summed E-state index contributed by atoms with van der Waals surface area (Å²) in [6.45, 7) is 8.05. The van der Waals surface area contributed by atoms with Gasteiger partial charge in [0.15, 0.2) is 0 Å². The predicted octanol–water partition coefficient (Wildman–Crippen LogP) is 1.21. The Kier molecular flexibility index (Phi) is 7.18. The van der Waals surface area contributed by atoms with E-state index in [9.17, 15) is 14.7 Å². The first-order valence-corrected chi connectivity index (χ1v) is 8.86. The first kappa shape index (κ1) is 19.2. The highest BCUT2D eigenvalue weighted by molar-refractivity contribution is 5.83. The molecule has 2 rings (SSSR count). The van der Waals surface area contributed by atoms with Gasteiger partial charge in [-0.05, 0) is 24.5 Å². The SMILES string of the molecule is CC(C)CC(NC(=O)CCN1CCN(c2ccccn2)CC1)C(=O)O. The molecule has 2 N–H and O–H groups in total. The summed E-state index contributed by atoms with van der Waals surface area (Å²) in [5.74, 6) is 0.0465. The average molecular weight is 348 g/mol. The Hall–Kier alpha value is -2.15. The molecular weight excluding hydrogens is 320 g/mol. The lowest BCUT2D eigenvalue weighted by atomic mass is 10.0. The van der Waals surface area contributed by atoms with E-state index in [1.807, 2.05) is 32.0 Å². The predicted molar refractivity (Wildman–Crippen MR) is 96.5 cm³/mol. The van der Waals surface area contributed by atoms with E-state index in [0.717, 1.165) is 32.0 Å². The Balaban J connectivity index is 1.71. The summed E-state index contributed by atoms with van der Waals surface area (Å²) < 4.78 is 0. The van der Waals surface area contributed by atoms with E-state index in [4.69, 9.17) is 0 Å². The Labute approximate surface area is 149 Å². The minimum absolute atomic E-state index is 0.194. The fraction of sp³-hybridized carbons (Fsp3) is 0.611. The summed E-state index contributed by atoms with van der Waals surface area (Å²) in [4.78, 5) is 32.1. The number of hydrogen-bond donors (Lipinski definition) is 2. The van der Waals surface area contributed by atoms with Crippen molar-refractivity contribution in [1.82, 2.24) is 15.2 Å². The van der Waals surface area contributed by atoms with Gasteiger partial charge in [0.1, 0.15) is 11.9 Å². The number of aromatic nitrogens is 1. The molecule has 0 bridgehead atoms. The zero-order valence-electron chi connectivity index (χ0n) is 15.0. The maximum Gasteiger partial charge on any atom is 0.326 e. The van der Waals surface area contributed by atoms with Crippen LogP contribution in [0.3, 0.4) is 0 Å². The minimum Gasteiger partial charge on any atom is -0.480 e. The number of carboxylic acid groups (broad SMARTS) is 1. The number of amides is 1. The van der Waals surface area contributed by atoms with Crippen LogP contribution in [0.1, 0.15) is 26.7 Å². The normalized spacial score (nSPS) is 16.7. The molecule has 25 heavy (non-hydrogen) atoms. The molecule has 1 aromatic rings. The van der Waals surface area contributed by atoms with Gasteiger partial charge in [-0.3, -0.25) is 9.69 Å². The van der Waals surface area contributed by atoms with Crippen molar-refractivity contribution in [3.63, 3.8) is 0 Å². The van der Waals surface area contributed by atoms with Crippen LogP contribution in [0.25, 0.3) is 0 Å². The molecule has 0 aliphatic carbocycles. The molecule has 7 heteroatoms. The molecule has 138 valence electrons. The highest BCUT2D eigenvalue weighted by Crippen LogP contribution is 2.12. The van der Waals surface area contributed by atoms with Crippen LogP contribution in [0.5, 0.6) is 0 Å². The summed E-state index contributed by atoms with van der Waals surface area (Å²) in [6.07, 6.45) is 2.57. The van der Waals surface area contributed by atoms with Crippen molar-refractivity contribution < 1.29 is 14.7 Å². The van der Waals surface area contributed by atoms with E-state index in [-0.39, 0.29) is 11.8 Å². The topological polar surface area (TPSA) is 85.8 Å². The Morgan fingerprint density at radius 2 is 1.96 bits per heavy atom. The number of nitrogens with one attached hydrogen (secondary N) is 1. The molecule has 0 saturated carbocycles. The summed E-state index contributed by atoms with van der Waals surface area (Å²) in [5, 5.41) is 11.8. The summed E-state index contributed by atoms with van der Waals surface area (Å²) in [5.41, 5.74) is 0. The molecule has 1 saturated heterocycles. The molecule has 1 aliphatic rings. The molecule has 0 spiro atoms. The van der Waals surface area contributed by atoms with Crippen LogP contribution in [-0.4, -0.2) is 65.6 Å². The van der Waals surface area contributed by atoms with E-state index in [0.29, 0.717) is 19.4 Å². The number of hydrogen-bond acceptors (Lipinski definition) is 5. The molecule has 1 aliphatic heterocycles. The van der Waals surface area contributed by atoms with Crippen LogP contribution < -0.4 is 10.2 Å². The van der Waals surface area contributed by atoms with E-state index in [2.05, 4.69) is 20.1 Å². The van der Waals surface area contributed by atoms with Gasteiger partial charge in [-0.1, -0.05) is 19.9 Å². The third-order valence-electron chi connectivity index (χ3n) is 4.34. The maximum atomic E-state index is 12.0. The molecule has 2 heterocycles. The van der Waals surface area contributed by atoms with Gasteiger partial charge >= 0.3 is 5.97 Å². The molecule has 1 unspecified atom stereocenters. The van der Waals surface area contributed by atoms with E-state index >= 15 is 0 Å². The summed E-state index contributed by atoms with van der Waals surface area (Å²) in [6, 6.07) is 5.09. The summed E-state index contributed by atoms with van der Waals surface area (Å²) >= 11 is 0. The van der Waals surface area contributed by atoms with Gasteiger partial charge in [0.2, 0.25) is 5.91 Å². The van der Waals surface area contributed by atoms with Crippen molar-refractivity contribution in [2.24, 2.45) is 5.92 Å². The number of piperazine rings is 1. The van der Waals surface area contributed by atoms with Crippen LogP contribution in [0, 0.1) is 5.92 Å². The van der Waals surface area contributed by atoms with Crippen molar-refractivity contribution in [2.45, 2.75) is 32.7 Å². The zero-order chi connectivity index (χ0) is 18.2. The minimum atomic E-state index is -0.967. The Bertz CT molecular complexity index is 557. The Morgan fingerprint density at radius 1 is 1.24 bits per heavy atom. The number of nitrogens with zero attached hydrogens (tertiary/aromatic N) is 3. The third kappa shape index (κ3) is 6.34. The van der Waals surface area contributed by atoms with Crippen molar-refractivity contribution in [2.75, 3.05) is 37.6 Å². The number of carbonyl (C=O) groups excluding carboxylic acids is 1. The van der Waals surface area contributed by atoms with Gasteiger partial charge in [-0.15, -0.1) is 0 Å². The monoisotopic (exact) mass is 348 g/mol. The van der Waals surface area contributed by atoms with Gasteiger partial charge in [-0.2, -0.15) is 0 Å². The van der Waals surface area contributed by atoms with Gasteiger partial charge in [-0.25, -0.2) is 9.78 Å². The number of carboxylic acids is 1. The molecule has 1 amide bonds. The smallest absolute Gasteiger partial charge is 0.326 e. The molecule has 1 aromatic heterocycles. The fourth-order valence-corrected chi connectivity index (χ4v) is 2.96. The number of aliphatic carboxylic acids is 1. The quantitative estimate of drug-likeness (QED) is 0.734. The largest absolute Gasteiger partial charge is 0.480 e. The van der Waals surface area contributed by atoms with Crippen LogP contribution in [0.15, 0.2) is 24.4 Å². The van der Waals surface area contributed by atoms with Crippen molar-refractivity contribution in [1.29, 1.82) is 0 Å². The summed E-state index contributed by atoms with van der Waals surface area (Å²) in [7, 11) is 0. The first-order chi connectivity index (χ1) is 12.0. The molecule has 1 atom stereocenters. The third-order valence-corrected chi connectivity index (χ3v) is 4.34. The van der Waals surface area contributed by atoms with Crippen molar-refractivity contribution >= 4 is 17.7 Å². The number of rotatable bonds is 8. The maximum absolute atomic E-state index is 12.0. The van der Waals surface area contributed by atoms with Gasteiger partial charge in [0.25, 0.3) is 0 Å². The van der Waals surface area contributed by atoms with Crippen LogP contribution >= 0.6 is 0 Å². The first-order valence-electron chi connectivity index (χ1n) is 8.86. The zero-order valence-corrected chi connectivity index (χ0v) is 15.0. The van der Waals surface area contributed by atoms with Crippen LogP contribution in [-0.2, 0) is 9.59 Å². The molecule has 7 nitrogen and oxygen atoms in total. The second-order valence-electron chi connectivity index (χ2n) is 6.85. The van der Waals surface area contributed by atoms with Gasteiger partial charge in [0, 0.05) is 45.3 Å². The van der Waals surface area contributed by atoms with Crippen LogP contribution in [0.2, 0.25) is 0 Å². The number of pyridine rings is 1. The average Bonchev–Trinajstić information content (AvgIpc) is 2.60. The molecule has 0 aromatic carbocycles. The van der Waals surface area contributed by atoms with Gasteiger partial charge < -0.3 is 15.3 Å². The lowest BCUT2D eigenvalue weighted by Crippen LogP contribution is -2.48. The molecule has 1 fully saturated rings. The number of carbonyl (C=O) groups is 2. The highest BCUT2D eigenvalue weighted by Gasteiger charge is 2.22. The molecular formula is C18H28N4O3. The lowest BCUT2D eigenvalue weighted by molar-refractivity contribution is -0.142. The second-order valence-corrected chi connectivity index (χ2v) is 6.85. The van der Waals surface area contributed by atoms with Crippen molar-refractivity contribution in [3.8, 4) is 0 Å². The van der Waals surface area contributed by atoms with Crippen LogP contribution in [0.4, 0.5) is 5.82 Å². The Morgan fingerprint density at radius 3 is 2.52 bits per heavy atom. The number of anilines is 1. The van der Waals surface area contributed by atoms with E-state index in [1.165, 1.54) is 0 Å². The van der Waals surface area contributed by atoms with Gasteiger partial charge in [0.05, 0.1) is 0 Å². The van der Waals surface area contributed by atoms with Crippen molar-refractivity contribution in [3.05, 3.63) is 24.4 Å². The molecule has 0 radical (unpaired) electrons. The second kappa shape index (κ2) is 9.36. The van der Waals surface area contributed by atoms with E-state index in [1.54, 1.807) is 6.20 Å². The van der Waals surface area contributed by atoms with E-state index < -0.39 is 12.0 Å². The lowest BCUT2D eigenvalue weighted by Gasteiger charge is -2.35. The highest BCUT2D eigenvalue weighted by atomic mass is 16.4. The fourth-order valence-electron chi connectivity index (χ4n) is 2.96. The standard InChI is InChI=1S/C18H28N4O3/c1-14(2)13-15(18(24)25)20-17(23)6-8-21-9-11-22(12-10-21)16-5-3-4-7-19-16/h3-5,7,14-15H,6,8-13H2,1-2H3,(H,20,23)(H,24,25).